The van der Waals surface area contributed by atoms with Crippen LogP contribution >= 0.6 is 0 Å². The van der Waals surface area contributed by atoms with Gasteiger partial charge in [-0.2, -0.15) is 31.6 Å². The average Bonchev–Trinajstić information content (AvgIpc) is 4.09. The largest absolute Gasteiger partial charge is 0.309 e. The van der Waals surface area contributed by atoms with Gasteiger partial charge in [-0.25, -0.2) is 9.97 Å². The molecule has 0 saturated heterocycles. The lowest BCUT2D eigenvalue weighted by molar-refractivity contribution is 1.16. The van der Waals surface area contributed by atoms with Gasteiger partial charge >= 0.3 is 0 Å². The molecule has 3 heterocycles. The highest BCUT2D eigenvalue weighted by molar-refractivity contribution is 6.12. The zero-order chi connectivity index (χ0) is 54.4. The van der Waals surface area contributed by atoms with Gasteiger partial charge in [-0.05, 0) is 108 Å². The molecule has 0 atom stereocenters. The second-order valence-corrected chi connectivity index (χ2v) is 19.2. The van der Waals surface area contributed by atoms with Gasteiger partial charge in [0.1, 0.15) is 0 Å². The molecule has 10 nitrogen and oxygen atoms in total. The quantitative estimate of drug-likeness (QED) is 0.144. The first-order valence-electron chi connectivity index (χ1n) is 25.5. The first-order chi connectivity index (χ1) is 39.4. The van der Waals surface area contributed by atoms with Crippen molar-refractivity contribution in [1.29, 1.82) is 31.6 Å². The van der Waals surface area contributed by atoms with Crippen LogP contribution in [0, 0.1) is 68.0 Å². The molecule has 0 aliphatic heterocycles. The maximum Gasteiger partial charge on any atom is 0.160 e. The smallest absolute Gasteiger partial charge is 0.160 e. The van der Waals surface area contributed by atoms with Crippen LogP contribution in [-0.4, -0.2) is 19.1 Å². The minimum absolute atomic E-state index is 0.242. The molecule has 3 aromatic heterocycles. The van der Waals surface area contributed by atoms with Gasteiger partial charge in [0, 0.05) is 60.6 Å². The van der Waals surface area contributed by atoms with E-state index in [1.165, 1.54) is 24.3 Å². The molecule has 13 rings (SSSR count). The van der Waals surface area contributed by atoms with Crippen molar-refractivity contribution in [2.24, 2.45) is 0 Å². The fraction of sp³-hybridized carbons (Fsp3) is 0. The third kappa shape index (κ3) is 7.92. The number of benzene rings is 10. The summed E-state index contributed by atoms with van der Waals surface area (Å²) in [6, 6.07) is 84.6. The molecule has 0 aliphatic rings. The minimum atomic E-state index is 0.242. The van der Waals surface area contributed by atoms with Crippen LogP contribution in [0.3, 0.4) is 0 Å². The number of aromatic nitrogens is 4. The van der Waals surface area contributed by atoms with E-state index in [1.54, 1.807) is 0 Å². The van der Waals surface area contributed by atoms with E-state index in [2.05, 4.69) is 112 Å². The molecular weight excluding hydrogens is 981 g/mol. The summed E-state index contributed by atoms with van der Waals surface area (Å²) in [5.74, 6) is 0.593. The highest BCUT2D eigenvalue weighted by atomic mass is 15.0. The highest BCUT2D eigenvalue weighted by Crippen LogP contribution is 2.43. The molecule has 0 radical (unpaired) electrons. The van der Waals surface area contributed by atoms with Crippen LogP contribution in [-0.2, 0) is 0 Å². The lowest BCUT2D eigenvalue weighted by Crippen LogP contribution is -2.00. The van der Waals surface area contributed by atoms with E-state index in [0.717, 1.165) is 94.2 Å². The number of hydrogen-bond acceptors (Lipinski definition) is 8. The van der Waals surface area contributed by atoms with E-state index in [1.807, 2.05) is 127 Å². The Labute approximate surface area is 458 Å². The third-order valence-corrected chi connectivity index (χ3v) is 14.7. The number of para-hydroxylation sites is 2. The van der Waals surface area contributed by atoms with E-state index < -0.39 is 0 Å². The van der Waals surface area contributed by atoms with Crippen molar-refractivity contribution in [1.82, 2.24) is 19.1 Å². The molecule has 10 heteroatoms. The molecule has 0 saturated carbocycles. The van der Waals surface area contributed by atoms with Crippen LogP contribution in [0.2, 0.25) is 0 Å². The lowest BCUT2D eigenvalue weighted by Gasteiger charge is -2.18. The van der Waals surface area contributed by atoms with Gasteiger partial charge in [-0.1, -0.05) is 127 Å². The van der Waals surface area contributed by atoms with E-state index in [4.69, 9.17) is 9.97 Å². The first kappa shape index (κ1) is 47.5. The van der Waals surface area contributed by atoms with Gasteiger partial charge < -0.3 is 9.13 Å². The third-order valence-electron chi connectivity index (χ3n) is 14.7. The number of fused-ring (bicyclic) bond motifs is 6. The molecule has 0 bridgehead atoms. The van der Waals surface area contributed by atoms with Gasteiger partial charge in [0.15, 0.2) is 5.82 Å². The Morgan fingerprint density at radius 2 is 0.750 bits per heavy atom. The lowest BCUT2D eigenvalue weighted by atomic mass is 9.92. The maximum atomic E-state index is 10.3. The maximum absolute atomic E-state index is 10.3. The van der Waals surface area contributed by atoms with Crippen LogP contribution in [0.15, 0.2) is 218 Å². The second kappa shape index (κ2) is 19.5. The van der Waals surface area contributed by atoms with Crippen LogP contribution in [0.4, 0.5) is 0 Å². The second-order valence-electron chi connectivity index (χ2n) is 19.2. The molecule has 366 valence electrons. The van der Waals surface area contributed by atoms with Gasteiger partial charge in [0.05, 0.1) is 109 Å². The Bertz CT molecular complexity index is 4900. The fourth-order valence-corrected chi connectivity index (χ4v) is 11.2. The average molecular weight is 1020 g/mol. The van der Waals surface area contributed by atoms with Crippen molar-refractivity contribution >= 4 is 43.6 Å². The Hall–Kier alpha value is -12.2. The first-order valence-corrected chi connectivity index (χ1v) is 25.5. The standard InChI is InChI=1S/C70H36N10/c71-37-43-28-51(39-73)68(52(29-43)40-74)49-23-26-66-59(34-49)56-18-7-9-20-63(56)79(66)55-17-11-16-47(32-55)58-33-48(62-36-61(45-12-3-1-4-13-45)77-70(78-62)46-14-5-2-6-15-46)22-25-65(58)80-64-21-10-8-19-57(64)60-35-50(24-27-67(60)80)69-53(41-75)30-44(38-72)31-54(69)42-76/h1-36H. The predicted molar refractivity (Wildman–Crippen MR) is 312 cm³/mol. The van der Waals surface area contributed by atoms with Gasteiger partial charge in [0.2, 0.25) is 0 Å². The summed E-state index contributed by atoms with van der Waals surface area (Å²) in [7, 11) is 0. The van der Waals surface area contributed by atoms with Crippen molar-refractivity contribution in [3.63, 3.8) is 0 Å². The number of hydrogen-bond donors (Lipinski definition) is 0. The summed E-state index contributed by atoms with van der Waals surface area (Å²) in [4.78, 5) is 10.3. The van der Waals surface area contributed by atoms with Crippen molar-refractivity contribution in [2.45, 2.75) is 0 Å². The summed E-state index contributed by atoms with van der Waals surface area (Å²) in [5, 5.41) is 64.4. The predicted octanol–water partition coefficient (Wildman–Crippen LogP) is 15.9. The number of nitriles is 6. The van der Waals surface area contributed by atoms with Crippen LogP contribution < -0.4 is 0 Å². The van der Waals surface area contributed by atoms with Crippen molar-refractivity contribution < 1.29 is 0 Å². The molecule has 10 aromatic carbocycles. The highest BCUT2D eigenvalue weighted by Gasteiger charge is 2.23. The van der Waals surface area contributed by atoms with Gasteiger partial charge in [-0.15, -0.1) is 0 Å². The Balaban J connectivity index is 1.05. The zero-order valence-corrected chi connectivity index (χ0v) is 42.3. The SMILES string of the molecule is N#Cc1cc(C#N)c(-c2ccc3c(c2)c2ccccc2n3-c2cccc(-c3cc(-c4cc(-c5ccccc5)nc(-c5ccccc5)n4)ccc3-n3c4ccccc4c4cc(-c5c(C#N)cc(C#N)cc5C#N)ccc43)c2)c(C#N)c1. The van der Waals surface area contributed by atoms with Crippen molar-refractivity contribution in [3.05, 3.63) is 252 Å². The monoisotopic (exact) mass is 1020 g/mol. The Kier molecular flexibility index (Phi) is 11.6. The van der Waals surface area contributed by atoms with Gasteiger partial charge in [0.25, 0.3) is 0 Å². The molecule has 0 unspecified atom stereocenters. The minimum Gasteiger partial charge on any atom is -0.309 e. The van der Waals surface area contributed by atoms with E-state index >= 15 is 0 Å². The zero-order valence-electron chi connectivity index (χ0n) is 42.3. The summed E-state index contributed by atoms with van der Waals surface area (Å²) < 4.78 is 4.49. The molecule has 80 heavy (non-hydrogen) atoms. The molecule has 0 spiro atoms. The molecule has 0 aliphatic carbocycles. The number of nitrogens with zero attached hydrogens (tertiary/aromatic N) is 10. The van der Waals surface area contributed by atoms with E-state index in [-0.39, 0.29) is 33.4 Å². The normalized spacial score (nSPS) is 10.9. The summed E-state index contributed by atoms with van der Waals surface area (Å²) in [6.07, 6.45) is 0. The fourth-order valence-electron chi connectivity index (χ4n) is 11.2. The van der Waals surface area contributed by atoms with E-state index in [0.29, 0.717) is 28.1 Å². The number of rotatable bonds is 8. The van der Waals surface area contributed by atoms with Crippen LogP contribution in [0.1, 0.15) is 33.4 Å². The van der Waals surface area contributed by atoms with Crippen LogP contribution in [0.5, 0.6) is 0 Å². The van der Waals surface area contributed by atoms with Crippen molar-refractivity contribution in [3.8, 4) is 115 Å². The summed E-state index contributed by atoms with van der Waals surface area (Å²) >= 11 is 0. The Morgan fingerprint density at radius 3 is 1.29 bits per heavy atom. The van der Waals surface area contributed by atoms with E-state index in [9.17, 15) is 31.6 Å². The molecule has 0 amide bonds. The van der Waals surface area contributed by atoms with Gasteiger partial charge in [-0.3, -0.25) is 0 Å². The Morgan fingerprint density at radius 1 is 0.300 bits per heavy atom. The summed E-state index contributed by atoms with van der Waals surface area (Å²) in [6.45, 7) is 0. The van der Waals surface area contributed by atoms with Crippen molar-refractivity contribution in [2.75, 3.05) is 0 Å². The molecular formula is C70H36N10. The van der Waals surface area contributed by atoms with Crippen LogP contribution in [0.25, 0.3) is 122 Å². The molecule has 13 aromatic rings. The summed E-state index contributed by atoms with van der Waals surface area (Å²) in [5.41, 5.74) is 15.3. The molecule has 0 N–H and O–H groups in total. The topological polar surface area (TPSA) is 178 Å². The molecule has 0 fully saturated rings.